The number of halogens is 2. The Labute approximate surface area is 145 Å². The lowest BCUT2D eigenvalue weighted by Crippen LogP contribution is -2.38. The maximum atomic E-state index is 4.20. The van der Waals surface area contributed by atoms with E-state index in [1.54, 1.807) is 7.05 Å². The lowest BCUT2D eigenvalue weighted by atomic mass is 10.1. The molecule has 0 aliphatic rings. The highest BCUT2D eigenvalue weighted by atomic mass is 127. The number of thioether (sulfide) groups is 1. The summed E-state index contributed by atoms with van der Waals surface area (Å²) in [5, 5.41) is 6.60. The van der Waals surface area contributed by atoms with Crippen LogP contribution in [0.15, 0.2) is 27.7 Å². The number of hydrogen-bond donors (Lipinski definition) is 2. The van der Waals surface area contributed by atoms with E-state index in [0.29, 0.717) is 0 Å². The SMILES string of the molecule is CN=C(NCCSC)NCc1ccc(Br)cc1C.I. The van der Waals surface area contributed by atoms with Crippen LogP contribution in [0.1, 0.15) is 11.1 Å². The number of nitrogens with zero attached hydrogens (tertiary/aromatic N) is 1. The molecule has 0 bridgehead atoms. The average Bonchev–Trinajstić information content (AvgIpc) is 2.35. The van der Waals surface area contributed by atoms with Crippen molar-refractivity contribution in [2.24, 2.45) is 4.99 Å². The van der Waals surface area contributed by atoms with E-state index >= 15 is 0 Å². The molecular weight excluding hydrogens is 437 g/mol. The molecule has 6 heteroatoms. The molecule has 0 aromatic heterocycles. The van der Waals surface area contributed by atoms with Gasteiger partial charge in [0.2, 0.25) is 0 Å². The van der Waals surface area contributed by atoms with Crippen molar-refractivity contribution in [1.82, 2.24) is 10.6 Å². The average molecular weight is 458 g/mol. The predicted octanol–water partition coefficient (Wildman–Crippen LogP) is 3.40. The number of aliphatic imine (C=N–C) groups is 1. The Bertz CT molecular complexity index is 413. The van der Waals surface area contributed by atoms with Crippen LogP contribution in [0.25, 0.3) is 0 Å². The van der Waals surface area contributed by atoms with Gasteiger partial charge in [-0.05, 0) is 36.4 Å². The van der Waals surface area contributed by atoms with Crippen molar-refractivity contribution in [2.45, 2.75) is 13.5 Å². The third kappa shape index (κ3) is 7.41. The third-order valence-electron chi connectivity index (χ3n) is 2.57. The van der Waals surface area contributed by atoms with Crippen molar-refractivity contribution < 1.29 is 0 Å². The Hall–Kier alpha value is 0.0500. The largest absolute Gasteiger partial charge is 0.356 e. The lowest BCUT2D eigenvalue weighted by Gasteiger charge is -2.13. The Morgan fingerprint density at radius 1 is 1.37 bits per heavy atom. The molecular formula is C13H21BrIN3S. The molecule has 0 aliphatic carbocycles. The number of rotatable bonds is 5. The van der Waals surface area contributed by atoms with Gasteiger partial charge in [0.15, 0.2) is 5.96 Å². The van der Waals surface area contributed by atoms with Crippen molar-refractivity contribution in [3.63, 3.8) is 0 Å². The molecule has 1 rings (SSSR count). The number of guanidine groups is 1. The van der Waals surface area contributed by atoms with Gasteiger partial charge in [-0.1, -0.05) is 22.0 Å². The first-order chi connectivity index (χ1) is 8.67. The Morgan fingerprint density at radius 3 is 2.68 bits per heavy atom. The molecule has 19 heavy (non-hydrogen) atoms. The van der Waals surface area contributed by atoms with Gasteiger partial charge < -0.3 is 10.6 Å². The first-order valence-corrected chi connectivity index (χ1v) is 8.04. The fraction of sp³-hybridized carbons (Fsp3) is 0.462. The van der Waals surface area contributed by atoms with Gasteiger partial charge in [-0.2, -0.15) is 11.8 Å². The van der Waals surface area contributed by atoms with Gasteiger partial charge in [0, 0.05) is 30.4 Å². The van der Waals surface area contributed by atoms with Crippen LogP contribution in [-0.2, 0) is 6.54 Å². The highest BCUT2D eigenvalue weighted by molar-refractivity contribution is 14.0. The van der Waals surface area contributed by atoms with Crippen molar-refractivity contribution >= 4 is 57.6 Å². The molecule has 108 valence electrons. The fourth-order valence-electron chi connectivity index (χ4n) is 1.53. The van der Waals surface area contributed by atoms with Crippen LogP contribution in [0.3, 0.4) is 0 Å². The second kappa shape index (κ2) is 10.8. The van der Waals surface area contributed by atoms with Gasteiger partial charge in [-0.3, -0.25) is 4.99 Å². The van der Waals surface area contributed by atoms with E-state index in [2.05, 4.69) is 62.9 Å². The first-order valence-electron chi connectivity index (χ1n) is 5.86. The van der Waals surface area contributed by atoms with Crippen molar-refractivity contribution in [3.05, 3.63) is 33.8 Å². The van der Waals surface area contributed by atoms with Gasteiger partial charge in [0.1, 0.15) is 0 Å². The molecule has 0 atom stereocenters. The van der Waals surface area contributed by atoms with E-state index in [0.717, 1.165) is 29.3 Å². The van der Waals surface area contributed by atoms with Crippen LogP contribution in [0.2, 0.25) is 0 Å². The van der Waals surface area contributed by atoms with E-state index in [1.165, 1.54) is 11.1 Å². The van der Waals surface area contributed by atoms with Crippen LogP contribution in [0, 0.1) is 6.92 Å². The molecule has 0 radical (unpaired) electrons. The zero-order chi connectivity index (χ0) is 13.4. The molecule has 1 aromatic rings. The third-order valence-corrected chi connectivity index (χ3v) is 3.68. The van der Waals surface area contributed by atoms with E-state index < -0.39 is 0 Å². The molecule has 1 aromatic carbocycles. The minimum absolute atomic E-state index is 0. The van der Waals surface area contributed by atoms with Gasteiger partial charge in [-0.15, -0.1) is 24.0 Å². The molecule has 0 saturated heterocycles. The molecule has 0 saturated carbocycles. The normalized spacial score (nSPS) is 10.8. The summed E-state index contributed by atoms with van der Waals surface area (Å²) >= 11 is 5.30. The van der Waals surface area contributed by atoms with Gasteiger partial charge in [-0.25, -0.2) is 0 Å². The maximum Gasteiger partial charge on any atom is 0.191 e. The van der Waals surface area contributed by atoms with Gasteiger partial charge in [0.05, 0.1) is 0 Å². The van der Waals surface area contributed by atoms with Crippen molar-refractivity contribution in [1.29, 1.82) is 0 Å². The Morgan fingerprint density at radius 2 is 2.11 bits per heavy atom. The molecule has 0 fully saturated rings. The molecule has 3 nitrogen and oxygen atoms in total. The highest BCUT2D eigenvalue weighted by Crippen LogP contribution is 2.15. The minimum Gasteiger partial charge on any atom is -0.356 e. The maximum absolute atomic E-state index is 4.20. The second-order valence-corrected chi connectivity index (χ2v) is 5.82. The van der Waals surface area contributed by atoms with Crippen LogP contribution in [0.4, 0.5) is 0 Å². The summed E-state index contributed by atoms with van der Waals surface area (Å²) in [6, 6.07) is 6.32. The topological polar surface area (TPSA) is 36.4 Å². The van der Waals surface area contributed by atoms with E-state index in [4.69, 9.17) is 0 Å². The number of benzene rings is 1. The zero-order valence-corrected chi connectivity index (χ0v) is 16.2. The standard InChI is InChI=1S/C13H20BrN3S.HI/c1-10-8-12(14)5-4-11(10)9-17-13(15-2)16-6-7-18-3;/h4-5,8H,6-7,9H2,1-3H3,(H2,15,16,17);1H. The predicted molar refractivity (Wildman–Crippen MR) is 101 cm³/mol. The molecule has 0 unspecified atom stereocenters. The summed E-state index contributed by atoms with van der Waals surface area (Å²) in [4.78, 5) is 4.20. The molecule has 0 heterocycles. The second-order valence-electron chi connectivity index (χ2n) is 3.92. The minimum atomic E-state index is 0. The van der Waals surface area contributed by atoms with Gasteiger partial charge >= 0.3 is 0 Å². The summed E-state index contributed by atoms with van der Waals surface area (Å²) in [6.07, 6.45) is 2.10. The van der Waals surface area contributed by atoms with Crippen LogP contribution in [0.5, 0.6) is 0 Å². The first kappa shape index (κ1) is 19.1. The quantitative estimate of drug-likeness (QED) is 0.308. The lowest BCUT2D eigenvalue weighted by molar-refractivity contribution is 0.829. The highest BCUT2D eigenvalue weighted by Gasteiger charge is 2.01. The van der Waals surface area contributed by atoms with Crippen LogP contribution in [-0.4, -0.2) is 31.6 Å². The van der Waals surface area contributed by atoms with Crippen molar-refractivity contribution in [2.75, 3.05) is 25.6 Å². The van der Waals surface area contributed by atoms with E-state index in [-0.39, 0.29) is 24.0 Å². The fourth-order valence-corrected chi connectivity index (χ4v) is 2.31. The number of nitrogens with one attached hydrogen (secondary N) is 2. The number of aryl methyl sites for hydroxylation is 1. The summed E-state index contributed by atoms with van der Waals surface area (Å²) < 4.78 is 1.12. The summed E-state index contributed by atoms with van der Waals surface area (Å²) in [5.41, 5.74) is 2.56. The van der Waals surface area contributed by atoms with E-state index in [9.17, 15) is 0 Å². The Kier molecular flexibility index (Phi) is 10.8. The summed E-state index contributed by atoms with van der Waals surface area (Å²) in [7, 11) is 1.79. The monoisotopic (exact) mass is 457 g/mol. The molecule has 0 spiro atoms. The summed E-state index contributed by atoms with van der Waals surface area (Å²) in [5.74, 6) is 1.93. The summed E-state index contributed by atoms with van der Waals surface area (Å²) in [6.45, 7) is 3.84. The number of hydrogen-bond acceptors (Lipinski definition) is 2. The molecule has 0 aliphatic heterocycles. The molecule has 2 N–H and O–H groups in total. The van der Waals surface area contributed by atoms with Gasteiger partial charge in [0.25, 0.3) is 0 Å². The van der Waals surface area contributed by atoms with Crippen LogP contribution < -0.4 is 10.6 Å². The van der Waals surface area contributed by atoms with Crippen LogP contribution >= 0.6 is 51.7 Å². The van der Waals surface area contributed by atoms with E-state index in [1.807, 2.05) is 11.8 Å². The Balaban J connectivity index is 0.00000324. The smallest absolute Gasteiger partial charge is 0.191 e. The van der Waals surface area contributed by atoms with Crippen molar-refractivity contribution in [3.8, 4) is 0 Å². The molecule has 0 amide bonds. The zero-order valence-electron chi connectivity index (χ0n) is 11.5.